The first-order valence-electron chi connectivity index (χ1n) is 12.7. The molecule has 0 saturated heterocycles. The number of ether oxygens (including phenoxy) is 1. The Bertz CT molecular complexity index is 1630. The molecule has 5 aromatic rings. The van der Waals surface area contributed by atoms with Crippen molar-refractivity contribution in [2.75, 3.05) is 11.9 Å². The number of pyridine rings is 1. The number of nitrogens with zero attached hydrogens (tertiary/aromatic N) is 3. The Morgan fingerprint density at radius 3 is 2.61 bits per heavy atom. The lowest BCUT2D eigenvalue weighted by Gasteiger charge is -2.25. The number of para-hydroxylation sites is 2. The van der Waals surface area contributed by atoms with Gasteiger partial charge in [-0.3, -0.25) is 4.79 Å². The van der Waals surface area contributed by atoms with Crippen LogP contribution >= 0.6 is 0 Å². The standard InChI is InChI=1S/C30H26N4O2/c35-29-18-36-28-15-12-20(17-26(28)32-29)24-13-10-19-16-21(11-14-23(19)31-24)30-33-25-8-4-5-9-27(25)34(30)22-6-2-1-3-7-22/h4-5,8-17,22H,1-3,6-7,18H2,(H,32,35). The van der Waals surface area contributed by atoms with Crippen molar-refractivity contribution in [1.82, 2.24) is 14.5 Å². The molecule has 3 aromatic carbocycles. The van der Waals surface area contributed by atoms with E-state index in [1.165, 1.54) is 37.6 Å². The minimum absolute atomic E-state index is 0.0530. The average Bonchev–Trinajstić information content (AvgIpc) is 3.32. The van der Waals surface area contributed by atoms with Crippen LogP contribution in [0.15, 0.2) is 72.8 Å². The summed E-state index contributed by atoms with van der Waals surface area (Å²) >= 11 is 0. The molecule has 6 heteroatoms. The summed E-state index contributed by atoms with van der Waals surface area (Å²) in [5.74, 6) is 1.59. The molecule has 7 rings (SSSR count). The number of imidazole rings is 1. The maximum Gasteiger partial charge on any atom is 0.262 e. The lowest BCUT2D eigenvalue weighted by atomic mass is 9.94. The first kappa shape index (κ1) is 21.1. The van der Waals surface area contributed by atoms with Crippen LogP contribution in [-0.2, 0) is 4.79 Å². The highest BCUT2D eigenvalue weighted by atomic mass is 16.5. The summed E-state index contributed by atoms with van der Waals surface area (Å²) in [6, 6.07) is 25.3. The SMILES string of the molecule is O=C1COc2ccc(-c3ccc4cc(-c5nc6ccccc6n5C5CCCCC5)ccc4n3)cc2N1. The van der Waals surface area contributed by atoms with E-state index in [0.717, 1.165) is 39.1 Å². The predicted molar refractivity (Wildman–Crippen MR) is 142 cm³/mol. The highest BCUT2D eigenvalue weighted by Gasteiger charge is 2.22. The lowest BCUT2D eigenvalue weighted by molar-refractivity contribution is -0.118. The summed E-state index contributed by atoms with van der Waals surface area (Å²) < 4.78 is 7.96. The largest absolute Gasteiger partial charge is 0.482 e. The number of anilines is 1. The Kier molecular flexibility index (Phi) is 4.98. The summed E-state index contributed by atoms with van der Waals surface area (Å²) in [4.78, 5) is 21.7. The molecule has 0 radical (unpaired) electrons. The molecule has 0 bridgehead atoms. The molecule has 2 aromatic heterocycles. The average molecular weight is 475 g/mol. The van der Waals surface area contributed by atoms with E-state index in [2.05, 4.69) is 58.4 Å². The highest BCUT2D eigenvalue weighted by Crippen LogP contribution is 2.37. The molecule has 3 heterocycles. The van der Waals surface area contributed by atoms with Gasteiger partial charge in [0.05, 0.1) is 27.9 Å². The number of aromatic nitrogens is 3. The summed E-state index contributed by atoms with van der Waals surface area (Å²) in [6.07, 6.45) is 6.29. The molecule has 0 atom stereocenters. The molecule has 178 valence electrons. The third-order valence-corrected chi connectivity index (χ3v) is 7.39. The molecular formula is C30H26N4O2. The van der Waals surface area contributed by atoms with Crippen molar-refractivity contribution >= 4 is 33.5 Å². The van der Waals surface area contributed by atoms with Gasteiger partial charge in [0.25, 0.3) is 5.91 Å². The minimum atomic E-state index is -0.141. The van der Waals surface area contributed by atoms with Crippen LogP contribution in [0.4, 0.5) is 5.69 Å². The molecule has 0 spiro atoms. The zero-order chi connectivity index (χ0) is 24.1. The van der Waals surface area contributed by atoms with Gasteiger partial charge in [0.1, 0.15) is 11.6 Å². The number of rotatable bonds is 3. The second kappa shape index (κ2) is 8.48. The van der Waals surface area contributed by atoms with Gasteiger partial charge in [-0.2, -0.15) is 0 Å². The van der Waals surface area contributed by atoms with E-state index in [-0.39, 0.29) is 12.5 Å². The molecule has 1 fully saturated rings. The van der Waals surface area contributed by atoms with Crippen molar-refractivity contribution in [3.05, 3.63) is 72.8 Å². The molecule has 6 nitrogen and oxygen atoms in total. The Hall–Kier alpha value is -4.19. The van der Waals surface area contributed by atoms with Gasteiger partial charge in [0.2, 0.25) is 0 Å². The van der Waals surface area contributed by atoms with Crippen molar-refractivity contribution in [2.24, 2.45) is 0 Å². The van der Waals surface area contributed by atoms with Gasteiger partial charge in [0, 0.05) is 22.6 Å². The fraction of sp³-hybridized carbons (Fsp3) is 0.233. The molecule has 0 unspecified atom stereocenters. The maximum absolute atomic E-state index is 11.7. The number of benzene rings is 3. The lowest BCUT2D eigenvalue weighted by Crippen LogP contribution is -2.25. The second-order valence-electron chi connectivity index (χ2n) is 9.74. The predicted octanol–water partition coefficient (Wildman–Crippen LogP) is 6.75. The van der Waals surface area contributed by atoms with Gasteiger partial charge in [-0.05, 0) is 67.4 Å². The van der Waals surface area contributed by atoms with Crippen LogP contribution in [0.1, 0.15) is 38.1 Å². The number of carbonyl (C=O) groups is 1. The Balaban J connectivity index is 1.29. The number of nitrogens with one attached hydrogen (secondary N) is 1. The second-order valence-corrected chi connectivity index (χ2v) is 9.74. The monoisotopic (exact) mass is 474 g/mol. The molecule has 1 saturated carbocycles. The van der Waals surface area contributed by atoms with Gasteiger partial charge >= 0.3 is 0 Å². The summed E-state index contributed by atoms with van der Waals surface area (Å²) in [5, 5.41) is 3.95. The summed E-state index contributed by atoms with van der Waals surface area (Å²) in [7, 11) is 0. The fourth-order valence-electron chi connectivity index (χ4n) is 5.62. The number of carbonyl (C=O) groups excluding carboxylic acids is 1. The first-order valence-corrected chi connectivity index (χ1v) is 12.7. The highest BCUT2D eigenvalue weighted by molar-refractivity contribution is 5.96. The van der Waals surface area contributed by atoms with Crippen LogP contribution in [0.5, 0.6) is 5.75 Å². The van der Waals surface area contributed by atoms with Crippen molar-refractivity contribution in [3.8, 4) is 28.4 Å². The molecule has 1 aliphatic heterocycles. The molecule has 1 aliphatic carbocycles. The molecular weight excluding hydrogens is 448 g/mol. The molecule has 36 heavy (non-hydrogen) atoms. The summed E-state index contributed by atoms with van der Waals surface area (Å²) in [5.41, 5.74) is 6.79. The zero-order valence-corrected chi connectivity index (χ0v) is 19.9. The Morgan fingerprint density at radius 2 is 1.69 bits per heavy atom. The van der Waals surface area contributed by atoms with Crippen LogP contribution in [0.25, 0.3) is 44.6 Å². The van der Waals surface area contributed by atoms with Gasteiger partial charge in [-0.25, -0.2) is 9.97 Å². The van der Waals surface area contributed by atoms with E-state index < -0.39 is 0 Å². The third kappa shape index (κ3) is 3.61. The number of hydrogen-bond donors (Lipinski definition) is 1. The first-order chi connectivity index (χ1) is 17.7. The van der Waals surface area contributed by atoms with Gasteiger partial charge < -0.3 is 14.6 Å². The van der Waals surface area contributed by atoms with Crippen molar-refractivity contribution in [2.45, 2.75) is 38.1 Å². The van der Waals surface area contributed by atoms with Crippen LogP contribution in [0.2, 0.25) is 0 Å². The topological polar surface area (TPSA) is 69.0 Å². The van der Waals surface area contributed by atoms with Crippen LogP contribution in [0, 0.1) is 0 Å². The fourth-order valence-corrected chi connectivity index (χ4v) is 5.62. The third-order valence-electron chi connectivity index (χ3n) is 7.39. The Labute approximate surface area is 209 Å². The maximum atomic E-state index is 11.7. The van der Waals surface area contributed by atoms with Crippen molar-refractivity contribution in [3.63, 3.8) is 0 Å². The van der Waals surface area contributed by atoms with E-state index in [9.17, 15) is 4.79 Å². The quantitative estimate of drug-likeness (QED) is 0.314. The Morgan fingerprint density at radius 1 is 0.833 bits per heavy atom. The molecule has 1 N–H and O–H groups in total. The van der Waals surface area contributed by atoms with E-state index in [1.807, 2.05) is 24.3 Å². The van der Waals surface area contributed by atoms with Gasteiger partial charge in [-0.1, -0.05) is 37.5 Å². The van der Waals surface area contributed by atoms with Crippen LogP contribution < -0.4 is 10.1 Å². The molecule has 2 aliphatic rings. The van der Waals surface area contributed by atoms with E-state index in [1.54, 1.807) is 0 Å². The van der Waals surface area contributed by atoms with Gasteiger partial charge in [0.15, 0.2) is 6.61 Å². The van der Waals surface area contributed by atoms with Crippen molar-refractivity contribution < 1.29 is 9.53 Å². The summed E-state index contributed by atoms with van der Waals surface area (Å²) in [6.45, 7) is 0.0530. The van der Waals surface area contributed by atoms with E-state index in [0.29, 0.717) is 17.5 Å². The van der Waals surface area contributed by atoms with E-state index in [4.69, 9.17) is 14.7 Å². The van der Waals surface area contributed by atoms with Crippen molar-refractivity contribution in [1.29, 1.82) is 0 Å². The normalized spacial score (nSPS) is 16.1. The van der Waals surface area contributed by atoms with E-state index >= 15 is 0 Å². The van der Waals surface area contributed by atoms with Gasteiger partial charge in [-0.15, -0.1) is 0 Å². The number of hydrogen-bond acceptors (Lipinski definition) is 4. The van der Waals surface area contributed by atoms with Crippen LogP contribution in [0.3, 0.4) is 0 Å². The number of amides is 1. The minimum Gasteiger partial charge on any atom is -0.482 e. The molecule has 1 amide bonds. The zero-order valence-electron chi connectivity index (χ0n) is 19.9. The number of fused-ring (bicyclic) bond motifs is 3. The smallest absolute Gasteiger partial charge is 0.262 e. The van der Waals surface area contributed by atoms with Crippen LogP contribution in [-0.4, -0.2) is 27.0 Å².